The number of hydrogen-bond acceptors (Lipinski definition) is 5. The van der Waals surface area contributed by atoms with Crippen LogP contribution in [0.25, 0.3) is 0 Å². The molecule has 1 rings (SSSR count). The van der Waals surface area contributed by atoms with Gasteiger partial charge in [0, 0.05) is 4.90 Å². The van der Waals surface area contributed by atoms with Crippen LogP contribution in [0, 0.1) is 6.92 Å². The van der Waals surface area contributed by atoms with Crippen molar-refractivity contribution in [3.63, 3.8) is 0 Å². The molecule has 0 bridgehead atoms. The number of benzene rings is 1. The first-order valence-corrected chi connectivity index (χ1v) is 4.38. The zero-order valence-corrected chi connectivity index (χ0v) is 8.08. The molecule has 0 saturated heterocycles. The van der Waals surface area contributed by atoms with Gasteiger partial charge in [0.15, 0.2) is 0 Å². The summed E-state index contributed by atoms with van der Waals surface area (Å²) in [4.78, 5) is 11.3. The molecule has 0 atom stereocenters. The van der Waals surface area contributed by atoms with E-state index in [4.69, 9.17) is 10.4 Å². The lowest BCUT2D eigenvalue weighted by atomic mass is 10.1. The van der Waals surface area contributed by atoms with Crippen molar-refractivity contribution in [1.82, 2.24) is 0 Å². The summed E-state index contributed by atoms with van der Waals surface area (Å²) in [5.41, 5.74) is 0.850. The minimum absolute atomic E-state index is 0.235. The second-order valence-electron chi connectivity index (χ2n) is 2.51. The van der Waals surface area contributed by atoms with E-state index in [1.807, 2.05) is 0 Å². The summed E-state index contributed by atoms with van der Waals surface area (Å²) in [5, 5.41) is 20.0. The van der Waals surface area contributed by atoms with Crippen LogP contribution in [-0.2, 0) is 9.37 Å². The number of rotatable bonds is 4. The number of carbonyl (C=O) groups is 1. The molecule has 0 aromatic heterocycles. The number of hydrogen-bond donors (Lipinski definition) is 2. The van der Waals surface area contributed by atoms with Gasteiger partial charge in [-0.3, -0.25) is 0 Å². The van der Waals surface area contributed by atoms with Crippen molar-refractivity contribution >= 4 is 18.0 Å². The number of carboxylic acid groups (broad SMARTS) is 1. The Morgan fingerprint density at radius 3 is 2.71 bits per heavy atom. The Morgan fingerprint density at radius 2 is 2.21 bits per heavy atom. The smallest absolute Gasteiger partial charge is 0.335 e. The molecule has 0 fully saturated rings. The van der Waals surface area contributed by atoms with Gasteiger partial charge in [-0.15, -0.1) is 4.33 Å². The van der Waals surface area contributed by atoms with Crippen LogP contribution < -0.4 is 0 Å². The Bertz CT molecular complexity index is 339. The first-order valence-electron chi connectivity index (χ1n) is 3.64. The van der Waals surface area contributed by atoms with Gasteiger partial charge >= 0.3 is 5.97 Å². The average molecular weight is 216 g/mol. The highest BCUT2D eigenvalue weighted by Gasteiger charge is 2.07. The summed E-state index contributed by atoms with van der Waals surface area (Å²) in [6, 6.07) is 4.63. The van der Waals surface area contributed by atoms with Gasteiger partial charge in [0.1, 0.15) is 0 Å². The second-order valence-corrected chi connectivity index (χ2v) is 3.28. The van der Waals surface area contributed by atoms with E-state index >= 15 is 0 Å². The fourth-order valence-electron chi connectivity index (χ4n) is 0.982. The molecule has 0 heterocycles. The maximum atomic E-state index is 10.6. The summed E-state index contributed by atoms with van der Waals surface area (Å²) < 4.78 is 4.20. The van der Waals surface area contributed by atoms with Gasteiger partial charge in [-0.2, -0.15) is 0 Å². The molecular weight excluding hydrogens is 208 g/mol. The van der Waals surface area contributed by atoms with Gasteiger partial charge in [0.2, 0.25) is 0 Å². The van der Waals surface area contributed by atoms with Crippen LogP contribution in [-0.4, -0.2) is 16.3 Å². The molecule has 76 valence electrons. The molecule has 0 radical (unpaired) electrons. The molecule has 0 aliphatic heterocycles. The quantitative estimate of drug-likeness (QED) is 0.456. The second kappa shape index (κ2) is 4.97. The fraction of sp³-hybridized carbons (Fsp3) is 0.125. The maximum Gasteiger partial charge on any atom is 0.335 e. The summed E-state index contributed by atoms with van der Waals surface area (Å²) >= 11 is 0.790. The van der Waals surface area contributed by atoms with E-state index in [-0.39, 0.29) is 5.56 Å². The summed E-state index contributed by atoms with van der Waals surface area (Å²) in [7, 11) is 0. The molecule has 0 unspecified atom stereocenters. The maximum absolute atomic E-state index is 10.6. The van der Waals surface area contributed by atoms with Crippen molar-refractivity contribution in [2.45, 2.75) is 11.8 Å². The van der Waals surface area contributed by atoms with Crippen molar-refractivity contribution in [1.29, 1.82) is 0 Å². The van der Waals surface area contributed by atoms with Gasteiger partial charge in [0.25, 0.3) is 0 Å². The lowest BCUT2D eigenvalue weighted by molar-refractivity contribution is -0.432. The van der Waals surface area contributed by atoms with E-state index in [1.54, 1.807) is 19.1 Å². The normalized spacial score (nSPS) is 10.1. The number of carboxylic acids is 1. The third-order valence-corrected chi connectivity index (χ3v) is 2.16. The highest BCUT2D eigenvalue weighted by atomic mass is 32.2. The Labute approximate surface area is 84.3 Å². The predicted molar refractivity (Wildman–Crippen MR) is 48.8 cm³/mol. The molecule has 0 amide bonds. The summed E-state index contributed by atoms with van der Waals surface area (Å²) in [5.74, 6) is -0.974. The third-order valence-electron chi connectivity index (χ3n) is 1.59. The Kier molecular flexibility index (Phi) is 3.90. The topological polar surface area (TPSA) is 76.0 Å². The SMILES string of the molecule is Cc1cc(SOOO)ccc1C(=O)O. The summed E-state index contributed by atoms with van der Waals surface area (Å²) in [6.07, 6.45) is 0. The third kappa shape index (κ3) is 2.71. The molecule has 14 heavy (non-hydrogen) atoms. The molecule has 0 aliphatic rings. The molecule has 0 aliphatic carbocycles. The van der Waals surface area contributed by atoms with Crippen LogP contribution in [0.5, 0.6) is 0 Å². The lowest BCUT2D eigenvalue weighted by Crippen LogP contribution is -1.99. The highest BCUT2D eigenvalue weighted by molar-refractivity contribution is 7.94. The van der Waals surface area contributed by atoms with Crippen LogP contribution in [0.3, 0.4) is 0 Å². The minimum atomic E-state index is -0.974. The molecule has 0 saturated carbocycles. The Balaban J connectivity index is 2.83. The standard InChI is InChI=1S/C8H8O5S/c1-5-4-6(14-13-12-11)2-3-7(5)8(9)10/h2-4,11H,1H3,(H,9,10). The first-order chi connectivity index (χ1) is 6.65. The van der Waals surface area contributed by atoms with Crippen molar-refractivity contribution < 1.29 is 24.5 Å². The van der Waals surface area contributed by atoms with Crippen LogP contribution in [0.15, 0.2) is 23.1 Å². The fourth-order valence-corrected chi connectivity index (χ4v) is 1.44. The Hall–Kier alpha value is -1.08. The predicted octanol–water partition coefficient (Wildman–Crippen LogP) is 2.12. The molecule has 0 spiro atoms. The van der Waals surface area contributed by atoms with Gasteiger partial charge in [-0.25, -0.2) is 10.1 Å². The molecule has 2 N–H and O–H groups in total. The van der Waals surface area contributed by atoms with Crippen molar-refractivity contribution in [2.24, 2.45) is 0 Å². The Morgan fingerprint density at radius 1 is 1.50 bits per heavy atom. The monoisotopic (exact) mass is 216 g/mol. The van der Waals surface area contributed by atoms with Gasteiger partial charge < -0.3 is 5.11 Å². The van der Waals surface area contributed by atoms with E-state index < -0.39 is 5.97 Å². The minimum Gasteiger partial charge on any atom is -0.478 e. The van der Waals surface area contributed by atoms with Gasteiger partial charge in [-0.05, 0) is 30.7 Å². The van der Waals surface area contributed by atoms with E-state index in [0.717, 1.165) is 12.0 Å². The van der Waals surface area contributed by atoms with Gasteiger partial charge in [-0.1, -0.05) is 5.04 Å². The lowest BCUT2D eigenvalue weighted by Gasteiger charge is -2.02. The van der Waals surface area contributed by atoms with E-state index in [9.17, 15) is 4.79 Å². The molecule has 6 heteroatoms. The van der Waals surface area contributed by atoms with E-state index in [0.29, 0.717) is 10.5 Å². The summed E-state index contributed by atoms with van der Waals surface area (Å²) in [6.45, 7) is 1.67. The van der Waals surface area contributed by atoms with E-state index in [1.165, 1.54) is 6.07 Å². The zero-order chi connectivity index (χ0) is 10.6. The molecule has 1 aromatic rings. The van der Waals surface area contributed by atoms with Crippen LogP contribution in [0.4, 0.5) is 0 Å². The van der Waals surface area contributed by atoms with Crippen molar-refractivity contribution in [3.8, 4) is 0 Å². The average Bonchev–Trinajstić information content (AvgIpc) is 2.14. The van der Waals surface area contributed by atoms with Crippen LogP contribution >= 0.6 is 12.0 Å². The van der Waals surface area contributed by atoms with Crippen LogP contribution in [0.2, 0.25) is 0 Å². The molecule has 1 aromatic carbocycles. The largest absolute Gasteiger partial charge is 0.478 e. The number of aryl methyl sites for hydroxylation is 1. The van der Waals surface area contributed by atoms with Crippen molar-refractivity contribution in [3.05, 3.63) is 29.3 Å². The highest BCUT2D eigenvalue weighted by Crippen LogP contribution is 2.22. The molecule has 5 nitrogen and oxygen atoms in total. The zero-order valence-electron chi connectivity index (χ0n) is 7.26. The molecular formula is C8H8O5S. The van der Waals surface area contributed by atoms with E-state index in [2.05, 4.69) is 9.37 Å². The van der Waals surface area contributed by atoms with Crippen LogP contribution in [0.1, 0.15) is 15.9 Å². The van der Waals surface area contributed by atoms with Crippen molar-refractivity contribution in [2.75, 3.05) is 0 Å². The van der Waals surface area contributed by atoms with Gasteiger partial charge in [0.05, 0.1) is 17.6 Å². The number of aromatic carboxylic acids is 1. The first kappa shape index (κ1) is 11.0.